The molecule has 0 saturated heterocycles. The molecular weight excluding hydrogens is 166 g/mol. The maximum absolute atomic E-state index is 11.2. The number of H-pyrrole nitrogens is 1. The van der Waals surface area contributed by atoms with Gasteiger partial charge >= 0.3 is 0 Å². The zero-order valence-electron chi connectivity index (χ0n) is 7.37. The van der Waals surface area contributed by atoms with Crippen LogP contribution in [-0.2, 0) is 11.2 Å². The van der Waals surface area contributed by atoms with E-state index in [0.29, 0.717) is 6.42 Å². The van der Waals surface area contributed by atoms with Crippen molar-refractivity contribution in [2.75, 3.05) is 0 Å². The van der Waals surface area contributed by atoms with Crippen LogP contribution in [0.1, 0.15) is 12.6 Å². The third-order valence-electron chi connectivity index (χ3n) is 1.58. The Morgan fingerprint density at radius 2 is 2.62 bits per heavy atom. The molecule has 0 aliphatic carbocycles. The lowest BCUT2D eigenvalue weighted by molar-refractivity contribution is -0.120. The van der Waals surface area contributed by atoms with Crippen molar-refractivity contribution in [1.82, 2.24) is 10.3 Å². The number of carbonyl (C=O) groups excluding carboxylic acids is 1. The number of amides is 1. The van der Waals surface area contributed by atoms with Crippen molar-refractivity contribution in [3.05, 3.63) is 24.0 Å². The van der Waals surface area contributed by atoms with Crippen LogP contribution in [0.25, 0.3) is 0 Å². The van der Waals surface area contributed by atoms with Gasteiger partial charge in [0.15, 0.2) is 0 Å². The van der Waals surface area contributed by atoms with Crippen molar-refractivity contribution in [3.8, 4) is 6.07 Å². The number of hydrogen-bond donors (Lipinski definition) is 2. The first kappa shape index (κ1) is 9.33. The van der Waals surface area contributed by atoms with Gasteiger partial charge in [-0.3, -0.25) is 4.79 Å². The monoisotopic (exact) mass is 177 g/mol. The molecule has 13 heavy (non-hydrogen) atoms. The van der Waals surface area contributed by atoms with Gasteiger partial charge in [-0.25, -0.2) is 0 Å². The van der Waals surface area contributed by atoms with Crippen LogP contribution in [0.3, 0.4) is 0 Å². The lowest BCUT2D eigenvalue weighted by Crippen LogP contribution is -2.32. The second-order valence-corrected chi connectivity index (χ2v) is 2.79. The minimum atomic E-state index is -0.428. The molecule has 0 aromatic carbocycles. The summed E-state index contributed by atoms with van der Waals surface area (Å²) in [6.07, 6.45) is 2.05. The molecule has 1 heterocycles. The molecule has 0 unspecified atom stereocenters. The second kappa shape index (κ2) is 4.31. The minimum absolute atomic E-state index is 0.142. The first-order valence-corrected chi connectivity index (χ1v) is 4.03. The van der Waals surface area contributed by atoms with Crippen molar-refractivity contribution in [2.24, 2.45) is 0 Å². The predicted octanol–water partition coefficient (Wildman–Crippen LogP) is 0.585. The first-order valence-electron chi connectivity index (χ1n) is 4.03. The Morgan fingerprint density at radius 3 is 3.15 bits per heavy atom. The van der Waals surface area contributed by atoms with Crippen molar-refractivity contribution >= 4 is 5.91 Å². The third-order valence-corrected chi connectivity index (χ3v) is 1.58. The Kier molecular flexibility index (Phi) is 3.09. The fourth-order valence-electron chi connectivity index (χ4n) is 0.975. The maximum Gasteiger partial charge on any atom is 0.226 e. The van der Waals surface area contributed by atoms with E-state index in [1.807, 2.05) is 18.2 Å². The molecule has 0 saturated carbocycles. The molecule has 0 radical (unpaired) electrons. The Bertz CT molecular complexity index is 310. The first-order chi connectivity index (χ1) is 6.22. The van der Waals surface area contributed by atoms with Crippen LogP contribution in [0.4, 0.5) is 0 Å². The van der Waals surface area contributed by atoms with Crippen LogP contribution in [0.5, 0.6) is 0 Å². The van der Waals surface area contributed by atoms with Gasteiger partial charge in [0.05, 0.1) is 12.5 Å². The quantitative estimate of drug-likeness (QED) is 0.709. The summed E-state index contributed by atoms with van der Waals surface area (Å²) in [5.41, 5.74) is 0.850. The second-order valence-electron chi connectivity index (χ2n) is 2.79. The lowest BCUT2D eigenvalue weighted by atomic mass is 10.3. The maximum atomic E-state index is 11.2. The number of hydrogen-bond acceptors (Lipinski definition) is 2. The van der Waals surface area contributed by atoms with Gasteiger partial charge in [0, 0.05) is 11.9 Å². The lowest BCUT2D eigenvalue weighted by Gasteiger charge is -2.04. The molecule has 1 aromatic rings. The van der Waals surface area contributed by atoms with E-state index in [4.69, 9.17) is 5.26 Å². The van der Waals surface area contributed by atoms with E-state index in [0.717, 1.165) is 5.69 Å². The number of rotatable bonds is 3. The molecule has 4 heteroatoms. The average Bonchev–Trinajstić information content (AvgIpc) is 2.56. The smallest absolute Gasteiger partial charge is 0.226 e. The van der Waals surface area contributed by atoms with Crippen LogP contribution in [-0.4, -0.2) is 16.9 Å². The molecule has 0 aliphatic rings. The van der Waals surface area contributed by atoms with E-state index in [1.165, 1.54) is 0 Å². The molecule has 4 nitrogen and oxygen atoms in total. The van der Waals surface area contributed by atoms with Crippen LogP contribution < -0.4 is 5.32 Å². The number of nitrogens with zero attached hydrogens (tertiary/aromatic N) is 1. The van der Waals surface area contributed by atoms with E-state index < -0.39 is 6.04 Å². The van der Waals surface area contributed by atoms with Gasteiger partial charge in [-0.05, 0) is 19.1 Å². The molecule has 0 bridgehead atoms. The SMILES string of the molecule is C[C@@H](C#N)NC(=O)Cc1ccc[nH]1. The van der Waals surface area contributed by atoms with Gasteiger partial charge < -0.3 is 10.3 Å². The van der Waals surface area contributed by atoms with Crippen LogP contribution >= 0.6 is 0 Å². The van der Waals surface area contributed by atoms with Gasteiger partial charge in [-0.2, -0.15) is 5.26 Å². The van der Waals surface area contributed by atoms with E-state index in [2.05, 4.69) is 10.3 Å². The van der Waals surface area contributed by atoms with Gasteiger partial charge in [-0.1, -0.05) is 0 Å². The Morgan fingerprint density at radius 1 is 1.85 bits per heavy atom. The topological polar surface area (TPSA) is 68.7 Å². The van der Waals surface area contributed by atoms with Gasteiger partial charge in [0.25, 0.3) is 0 Å². The summed E-state index contributed by atoms with van der Waals surface area (Å²) in [6.45, 7) is 1.65. The van der Waals surface area contributed by atoms with Crippen LogP contribution in [0.15, 0.2) is 18.3 Å². The Hall–Kier alpha value is -1.76. The predicted molar refractivity (Wildman–Crippen MR) is 47.7 cm³/mol. The van der Waals surface area contributed by atoms with E-state index in [1.54, 1.807) is 13.1 Å². The third kappa shape index (κ3) is 2.99. The average molecular weight is 177 g/mol. The summed E-state index contributed by atoms with van der Waals surface area (Å²) in [6, 6.07) is 5.16. The van der Waals surface area contributed by atoms with Crippen LogP contribution in [0.2, 0.25) is 0 Å². The molecule has 0 aliphatic heterocycles. The van der Waals surface area contributed by atoms with Gasteiger partial charge in [-0.15, -0.1) is 0 Å². The molecule has 0 spiro atoms. The van der Waals surface area contributed by atoms with E-state index in [-0.39, 0.29) is 5.91 Å². The summed E-state index contributed by atoms with van der Waals surface area (Å²) >= 11 is 0. The van der Waals surface area contributed by atoms with Crippen molar-refractivity contribution in [2.45, 2.75) is 19.4 Å². The minimum Gasteiger partial charge on any atom is -0.365 e. The summed E-state index contributed by atoms with van der Waals surface area (Å²) in [5, 5.41) is 11.0. The fraction of sp³-hybridized carbons (Fsp3) is 0.333. The number of aromatic nitrogens is 1. The number of aromatic amines is 1. The normalized spacial score (nSPS) is 11.7. The molecule has 1 rings (SSSR count). The summed E-state index contributed by atoms with van der Waals surface area (Å²) in [7, 11) is 0. The number of carbonyl (C=O) groups is 1. The summed E-state index contributed by atoms with van der Waals surface area (Å²) < 4.78 is 0. The fourth-order valence-corrected chi connectivity index (χ4v) is 0.975. The zero-order chi connectivity index (χ0) is 9.68. The van der Waals surface area contributed by atoms with Crippen molar-refractivity contribution < 1.29 is 4.79 Å². The Balaban J connectivity index is 2.39. The van der Waals surface area contributed by atoms with Crippen LogP contribution in [0, 0.1) is 11.3 Å². The van der Waals surface area contributed by atoms with Gasteiger partial charge in [0.1, 0.15) is 6.04 Å². The highest BCUT2D eigenvalue weighted by atomic mass is 16.1. The highest BCUT2D eigenvalue weighted by molar-refractivity contribution is 5.78. The summed E-state index contributed by atoms with van der Waals surface area (Å²) in [5.74, 6) is -0.142. The Labute approximate surface area is 76.6 Å². The standard InChI is InChI=1S/C9H11N3O/c1-7(6-10)12-9(13)5-8-3-2-4-11-8/h2-4,7,11H,5H2,1H3,(H,12,13)/t7-/m0/s1. The zero-order valence-corrected chi connectivity index (χ0v) is 7.37. The summed E-state index contributed by atoms with van der Waals surface area (Å²) in [4.78, 5) is 14.1. The largest absolute Gasteiger partial charge is 0.365 e. The van der Waals surface area contributed by atoms with E-state index in [9.17, 15) is 4.79 Å². The molecule has 68 valence electrons. The van der Waals surface area contributed by atoms with Gasteiger partial charge in [0.2, 0.25) is 5.91 Å². The highest BCUT2D eigenvalue weighted by Gasteiger charge is 2.06. The molecule has 1 aromatic heterocycles. The molecule has 2 N–H and O–H groups in total. The molecular formula is C9H11N3O. The highest BCUT2D eigenvalue weighted by Crippen LogP contribution is 1.95. The van der Waals surface area contributed by atoms with Crippen molar-refractivity contribution in [1.29, 1.82) is 5.26 Å². The molecule has 1 atom stereocenters. The number of nitriles is 1. The molecule has 0 fully saturated rings. The number of nitrogens with one attached hydrogen (secondary N) is 2. The van der Waals surface area contributed by atoms with Crippen molar-refractivity contribution in [3.63, 3.8) is 0 Å². The van der Waals surface area contributed by atoms with E-state index >= 15 is 0 Å². The molecule has 1 amide bonds.